The normalized spacial score (nSPS) is 33.3. The van der Waals surface area contributed by atoms with E-state index >= 15 is 0 Å². The number of nitrogens with zero attached hydrogens (tertiary/aromatic N) is 1. The molecule has 1 aliphatic carbocycles. The fraction of sp³-hybridized carbons (Fsp3) is 0.857. The van der Waals surface area contributed by atoms with Crippen LogP contribution < -0.4 is 5.32 Å². The van der Waals surface area contributed by atoms with Crippen LogP contribution in [0.1, 0.15) is 40.0 Å². The number of methoxy groups -OCH3 is 1. The highest BCUT2D eigenvalue weighted by Gasteiger charge is 2.52. The van der Waals surface area contributed by atoms with Gasteiger partial charge in [-0.1, -0.05) is 6.92 Å². The molecule has 2 amide bonds. The predicted molar refractivity (Wildman–Crippen MR) is 71.5 cm³/mol. The van der Waals surface area contributed by atoms with Crippen LogP contribution in [0.5, 0.6) is 0 Å². The Hall–Kier alpha value is -1.10. The largest absolute Gasteiger partial charge is 0.380 e. The average Bonchev–Trinajstić information content (AvgIpc) is 3.22. The third-order valence-electron chi connectivity index (χ3n) is 4.53. The lowest BCUT2D eigenvalue weighted by molar-refractivity contribution is -0.159. The summed E-state index contributed by atoms with van der Waals surface area (Å²) in [6.07, 6.45) is 2.61. The highest BCUT2D eigenvalue weighted by molar-refractivity contribution is 5.99. The molecule has 0 aromatic rings. The fourth-order valence-electron chi connectivity index (χ4n) is 2.62. The highest BCUT2D eigenvalue weighted by atomic mass is 16.5. The summed E-state index contributed by atoms with van der Waals surface area (Å²) >= 11 is 0. The van der Waals surface area contributed by atoms with E-state index in [9.17, 15) is 9.59 Å². The standard InChI is InChI=1S/C14H24N2O3/c1-5-14(3)13(18)15-11(10-6-7-10)12(17)16(14)8-9(2)19-4/h9-11H,5-8H2,1-4H3,(H,15,18). The van der Waals surface area contributed by atoms with Crippen molar-refractivity contribution < 1.29 is 14.3 Å². The van der Waals surface area contributed by atoms with E-state index in [2.05, 4.69) is 5.32 Å². The Morgan fingerprint density at radius 3 is 2.58 bits per heavy atom. The minimum atomic E-state index is -0.755. The molecule has 1 saturated heterocycles. The van der Waals surface area contributed by atoms with Crippen LogP contribution in [0.4, 0.5) is 0 Å². The van der Waals surface area contributed by atoms with Gasteiger partial charge in [0, 0.05) is 13.7 Å². The van der Waals surface area contributed by atoms with Crippen molar-refractivity contribution in [1.82, 2.24) is 10.2 Å². The molecule has 0 aromatic carbocycles. The lowest BCUT2D eigenvalue weighted by atomic mass is 9.89. The second-order valence-electron chi connectivity index (χ2n) is 5.91. The molecule has 5 heteroatoms. The van der Waals surface area contributed by atoms with Gasteiger partial charge in [0.1, 0.15) is 11.6 Å². The Bertz CT molecular complexity index is 381. The van der Waals surface area contributed by atoms with E-state index in [0.29, 0.717) is 18.9 Å². The molecule has 2 fully saturated rings. The first-order valence-electron chi connectivity index (χ1n) is 7.09. The van der Waals surface area contributed by atoms with E-state index in [1.165, 1.54) is 0 Å². The van der Waals surface area contributed by atoms with Crippen molar-refractivity contribution in [1.29, 1.82) is 0 Å². The lowest BCUT2D eigenvalue weighted by Crippen LogP contribution is -2.70. The minimum Gasteiger partial charge on any atom is -0.380 e. The molecule has 0 spiro atoms. The molecule has 108 valence electrons. The smallest absolute Gasteiger partial charge is 0.246 e. The molecule has 3 unspecified atom stereocenters. The van der Waals surface area contributed by atoms with E-state index in [0.717, 1.165) is 12.8 Å². The number of nitrogens with one attached hydrogen (secondary N) is 1. The minimum absolute atomic E-state index is 0.0326. The zero-order valence-corrected chi connectivity index (χ0v) is 12.2. The Balaban J connectivity index is 2.24. The topological polar surface area (TPSA) is 58.6 Å². The molecule has 0 radical (unpaired) electrons. The van der Waals surface area contributed by atoms with E-state index in [1.54, 1.807) is 12.0 Å². The van der Waals surface area contributed by atoms with Crippen LogP contribution in [0.3, 0.4) is 0 Å². The Morgan fingerprint density at radius 1 is 1.47 bits per heavy atom. The molecule has 1 saturated carbocycles. The maximum Gasteiger partial charge on any atom is 0.246 e. The molecule has 5 nitrogen and oxygen atoms in total. The average molecular weight is 268 g/mol. The van der Waals surface area contributed by atoms with Gasteiger partial charge in [-0.3, -0.25) is 9.59 Å². The van der Waals surface area contributed by atoms with Crippen LogP contribution in [0.15, 0.2) is 0 Å². The van der Waals surface area contributed by atoms with Crippen LogP contribution in [-0.4, -0.2) is 48.1 Å². The zero-order chi connectivity index (χ0) is 14.2. The summed E-state index contributed by atoms with van der Waals surface area (Å²) < 4.78 is 5.26. The summed E-state index contributed by atoms with van der Waals surface area (Å²) in [6, 6.07) is -0.323. The second-order valence-corrected chi connectivity index (χ2v) is 5.91. The van der Waals surface area contributed by atoms with Gasteiger partial charge in [0.25, 0.3) is 0 Å². The third kappa shape index (κ3) is 2.48. The highest BCUT2D eigenvalue weighted by Crippen LogP contribution is 2.37. The summed E-state index contributed by atoms with van der Waals surface area (Å²) in [5, 5.41) is 2.92. The van der Waals surface area contributed by atoms with Crippen LogP contribution >= 0.6 is 0 Å². The van der Waals surface area contributed by atoms with Gasteiger partial charge in [0.15, 0.2) is 0 Å². The number of carbonyl (C=O) groups excluding carboxylic acids is 2. The molecule has 2 aliphatic rings. The quantitative estimate of drug-likeness (QED) is 0.807. The van der Waals surface area contributed by atoms with Gasteiger partial charge >= 0.3 is 0 Å². The van der Waals surface area contributed by atoms with Crippen LogP contribution in [0.2, 0.25) is 0 Å². The summed E-state index contributed by atoms with van der Waals surface area (Å²) in [4.78, 5) is 26.7. The Labute approximate surface area is 114 Å². The van der Waals surface area contributed by atoms with Gasteiger partial charge < -0.3 is 15.0 Å². The third-order valence-corrected chi connectivity index (χ3v) is 4.53. The van der Waals surface area contributed by atoms with E-state index in [-0.39, 0.29) is 24.0 Å². The first-order chi connectivity index (χ1) is 8.93. The molecule has 3 atom stereocenters. The van der Waals surface area contributed by atoms with Gasteiger partial charge in [-0.2, -0.15) is 0 Å². The number of amides is 2. The first-order valence-corrected chi connectivity index (χ1v) is 7.09. The van der Waals surface area contributed by atoms with Gasteiger partial charge in [-0.25, -0.2) is 0 Å². The number of hydrogen-bond acceptors (Lipinski definition) is 3. The van der Waals surface area contributed by atoms with Crippen molar-refractivity contribution >= 4 is 11.8 Å². The molecule has 19 heavy (non-hydrogen) atoms. The Morgan fingerprint density at radius 2 is 2.11 bits per heavy atom. The summed E-state index contributed by atoms with van der Waals surface area (Å²) in [7, 11) is 1.63. The maximum atomic E-state index is 12.6. The number of ether oxygens (including phenoxy) is 1. The number of hydrogen-bond donors (Lipinski definition) is 1. The van der Waals surface area contributed by atoms with Crippen molar-refractivity contribution in [3.05, 3.63) is 0 Å². The molecule has 1 aliphatic heterocycles. The van der Waals surface area contributed by atoms with Crippen molar-refractivity contribution in [2.45, 2.75) is 57.7 Å². The van der Waals surface area contributed by atoms with Crippen LogP contribution in [-0.2, 0) is 14.3 Å². The molecule has 1 heterocycles. The van der Waals surface area contributed by atoms with Crippen molar-refractivity contribution in [3.63, 3.8) is 0 Å². The van der Waals surface area contributed by atoms with Crippen LogP contribution in [0, 0.1) is 5.92 Å². The van der Waals surface area contributed by atoms with E-state index in [4.69, 9.17) is 4.74 Å². The van der Waals surface area contributed by atoms with Crippen LogP contribution in [0.25, 0.3) is 0 Å². The number of rotatable bonds is 5. The van der Waals surface area contributed by atoms with Gasteiger partial charge in [0.2, 0.25) is 11.8 Å². The van der Waals surface area contributed by atoms with Gasteiger partial charge in [0.05, 0.1) is 6.10 Å². The molecular formula is C14H24N2O3. The van der Waals surface area contributed by atoms with Gasteiger partial charge in [-0.05, 0) is 39.0 Å². The SMILES string of the molecule is CCC1(C)C(=O)NC(C2CC2)C(=O)N1CC(C)OC. The first kappa shape index (κ1) is 14.3. The molecule has 2 rings (SSSR count). The van der Waals surface area contributed by atoms with Gasteiger partial charge in [-0.15, -0.1) is 0 Å². The summed E-state index contributed by atoms with van der Waals surface area (Å²) in [5.74, 6) is 0.350. The zero-order valence-electron chi connectivity index (χ0n) is 12.2. The van der Waals surface area contributed by atoms with E-state index in [1.807, 2.05) is 20.8 Å². The maximum absolute atomic E-state index is 12.6. The summed E-state index contributed by atoms with van der Waals surface area (Å²) in [6.45, 7) is 6.17. The molecule has 0 aromatic heterocycles. The Kier molecular flexibility index (Phi) is 3.85. The fourth-order valence-corrected chi connectivity index (χ4v) is 2.62. The van der Waals surface area contributed by atoms with Crippen molar-refractivity contribution in [3.8, 4) is 0 Å². The second kappa shape index (κ2) is 5.12. The summed E-state index contributed by atoms with van der Waals surface area (Å²) in [5.41, 5.74) is -0.755. The molecule has 1 N–H and O–H groups in total. The van der Waals surface area contributed by atoms with Crippen molar-refractivity contribution in [2.24, 2.45) is 5.92 Å². The monoisotopic (exact) mass is 268 g/mol. The predicted octanol–water partition coefficient (Wildman–Crippen LogP) is 0.927. The van der Waals surface area contributed by atoms with E-state index < -0.39 is 5.54 Å². The van der Waals surface area contributed by atoms with Crippen molar-refractivity contribution in [2.75, 3.05) is 13.7 Å². The number of carbonyl (C=O) groups is 2. The lowest BCUT2D eigenvalue weighted by Gasteiger charge is -2.46. The number of piperazine rings is 1. The molecule has 0 bridgehead atoms. The molecular weight excluding hydrogens is 244 g/mol.